The Morgan fingerprint density at radius 1 is 1.90 bits per heavy atom. The maximum atomic E-state index is 10.3. The smallest absolute Gasteiger partial charge is 0.239 e. The minimum Gasteiger partial charge on any atom is -0.368 e. The molecule has 0 fully saturated rings. The molecule has 1 aromatic rings. The van der Waals surface area contributed by atoms with Gasteiger partial charge in [-0.1, -0.05) is 0 Å². The van der Waals surface area contributed by atoms with Gasteiger partial charge in [0, 0.05) is 0 Å². The first-order chi connectivity index (χ1) is 4.68. The summed E-state index contributed by atoms with van der Waals surface area (Å²) in [5.41, 5.74) is 4.89. The second-order valence-electron chi connectivity index (χ2n) is 1.68. The molecule has 0 aromatic carbocycles. The monoisotopic (exact) mass is 204 g/mol. The predicted molar refractivity (Wildman–Crippen MR) is 36.9 cm³/mol. The van der Waals surface area contributed by atoms with Crippen LogP contribution in [0.15, 0.2) is 11.1 Å². The fourth-order valence-corrected chi connectivity index (χ4v) is 0.803. The van der Waals surface area contributed by atoms with E-state index in [0.717, 1.165) is 0 Å². The fraction of sp³-hybridized carbons (Fsp3) is 0.250. The number of hydrogen-bond acceptors (Lipinski definition) is 3. The Hall–Kier alpha value is -0.910. The molecule has 0 aliphatic rings. The van der Waals surface area contributed by atoms with Gasteiger partial charge in [0.25, 0.3) is 0 Å². The third kappa shape index (κ3) is 1.80. The third-order valence-corrected chi connectivity index (χ3v) is 1.19. The summed E-state index contributed by atoms with van der Waals surface area (Å²) in [5, 5.41) is 3.77. The van der Waals surface area contributed by atoms with Crippen molar-refractivity contribution in [2.24, 2.45) is 5.73 Å². The first kappa shape index (κ1) is 7.20. The number of hydrogen-bond donors (Lipinski definition) is 1. The topological polar surface area (TPSA) is 73.8 Å². The molecule has 1 aromatic heterocycles. The van der Waals surface area contributed by atoms with Crippen LogP contribution >= 0.6 is 15.9 Å². The van der Waals surface area contributed by atoms with Gasteiger partial charge in [0.1, 0.15) is 12.9 Å². The van der Waals surface area contributed by atoms with E-state index in [2.05, 4.69) is 26.0 Å². The maximum absolute atomic E-state index is 10.3. The minimum absolute atomic E-state index is 0.0681. The Morgan fingerprint density at radius 3 is 3.00 bits per heavy atom. The number of amides is 1. The third-order valence-electron chi connectivity index (χ3n) is 0.826. The number of rotatable bonds is 2. The van der Waals surface area contributed by atoms with Crippen LogP contribution < -0.4 is 5.73 Å². The van der Waals surface area contributed by atoms with Crippen LogP contribution in [0.3, 0.4) is 0 Å². The Labute approximate surface area is 65.4 Å². The number of halogens is 1. The average Bonchev–Trinajstić information content (AvgIpc) is 2.13. The molecular weight excluding hydrogens is 200 g/mol. The van der Waals surface area contributed by atoms with Crippen LogP contribution in [-0.2, 0) is 11.3 Å². The highest BCUT2D eigenvalue weighted by Gasteiger charge is 1.98. The van der Waals surface area contributed by atoms with Crippen LogP contribution in [0.4, 0.5) is 0 Å². The van der Waals surface area contributed by atoms with Crippen LogP contribution in [0.5, 0.6) is 0 Å². The van der Waals surface area contributed by atoms with Gasteiger partial charge >= 0.3 is 0 Å². The molecule has 0 atom stereocenters. The molecule has 0 radical (unpaired) electrons. The van der Waals surface area contributed by atoms with Crippen molar-refractivity contribution in [2.75, 3.05) is 0 Å². The summed E-state index contributed by atoms with van der Waals surface area (Å²) in [5.74, 6) is -0.433. The highest BCUT2D eigenvalue weighted by atomic mass is 79.9. The van der Waals surface area contributed by atoms with Crippen molar-refractivity contribution in [3.8, 4) is 0 Å². The number of nitrogens with two attached hydrogens (primary N) is 1. The van der Waals surface area contributed by atoms with E-state index in [0.29, 0.717) is 4.73 Å². The van der Waals surface area contributed by atoms with Crippen molar-refractivity contribution in [1.82, 2.24) is 14.8 Å². The summed E-state index contributed by atoms with van der Waals surface area (Å²) < 4.78 is 1.81. The highest BCUT2D eigenvalue weighted by molar-refractivity contribution is 9.10. The second-order valence-corrected chi connectivity index (χ2v) is 2.39. The van der Waals surface area contributed by atoms with E-state index in [1.165, 1.54) is 11.0 Å². The molecule has 1 amide bonds. The predicted octanol–water partition coefficient (Wildman–Crippen LogP) is -0.474. The van der Waals surface area contributed by atoms with Gasteiger partial charge in [-0.25, -0.2) is 9.67 Å². The van der Waals surface area contributed by atoms with E-state index in [4.69, 9.17) is 5.73 Å². The van der Waals surface area contributed by atoms with Crippen molar-refractivity contribution in [3.63, 3.8) is 0 Å². The summed E-state index contributed by atoms with van der Waals surface area (Å²) in [4.78, 5) is 14.0. The quantitative estimate of drug-likeness (QED) is 0.708. The number of carbonyl (C=O) groups is 1. The molecule has 10 heavy (non-hydrogen) atoms. The van der Waals surface area contributed by atoms with Gasteiger partial charge < -0.3 is 5.73 Å². The van der Waals surface area contributed by atoms with Crippen molar-refractivity contribution in [2.45, 2.75) is 6.54 Å². The molecule has 0 bridgehead atoms. The van der Waals surface area contributed by atoms with Crippen LogP contribution in [-0.4, -0.2) is 20.7 Å². The SMILES string of the molecule is NC(=O)Cn1cnc(Br)n1. The van der Waals surface area contributed by atoms with E-state index in [-0.39, 0.29) is 6.54 Å². The van der Waals surface area contributed by atoms with Crippen molar-refractivity contribution >= 4 is 21.8 Å². The largest absolute Gasteiger partial charge is 0.368 e. The zero-order chi connectivity index (χ0) is 7.56. The normalized spacial score (nSPS) is 9.70. The zero-order valence-electron chi connectivity index (χ0n) is 4.99. The molecule has 0 spiro atoms. The summed E-state index contributed by atoms with van der Waals surface area (Å²) in [6.45, 7) is 0.0681. The zero-order valence-corrected chi connectivity index (χ0v) is 6.58. The number of primary amides is 1. The Kier molecular flexibility index (Phi) is 2.00. The van der Waals surface area contributed by atoms with Crippen molar-refractivity contribution in [3.05, 3.63) is 11.1 Å². The molecule has 2 N–H and O–H groups in total. The molecule has 0 saturated heterocycles. The first-order valence-electron chi connectivity index (χ1n) is 2.52. The lowest BCUT2D eigenvalue weighted by Gasteiger charge is -1.91. The lowest BCUT2D eigenvalue weighted by atomic mass is 10.6. The van der Waals surface area contributed by atoms with Gasteiger partial charge in [-0.05, 0) is 15.9 Å². The second kappa shape index (κ2) is 2.78. The summed E-state index contributed by atoms with van der Waals surface area (Å²) in [6.07, 6.45) is 1.43. The molecule has 0 aliphatic carbocycles. The molecule has 5 nitrogen and oxygen atoms in total. The Bertz CT molecular complexity index is 245. The molecule has 0 aliphatic heterocycles. The molecule has 1 rings (SSSR count). The van der Waals surface area contributed by atoms with Crippen LogP contribution in [0.25, 0.3) is 0 Å². The van der Waals surface area contributed by atoms with Gasteiger partial charge in [0.15, 0.2) is 0 Å². The van der Waals surface area contributed by atoms with Crippen LogP contribution in [0.1, 0.15) is 0 Å². The molecule has 0 saturated carbocycles. The van der Waals surface area contributed by atoms with E-state index in [9.17, 15) is 4.79 Å². The van der Waals surface area contributed by atoms with Crippen LogP contribution in [0.2, 0.25) is 0 Å². The highest BCUT2D eigenvalue weighted by Crippen LogP contribution is 1.97. The maximum Gasteiger partial charge on any atom is 0.239 e. The first-order valence-corrected chi connectivity index (χ1v) is 3.31. The van der Waals surface area contributed by atoms with E-state index >= 15 is 0 Å². The number of aromatic nitrogens is 3. The lowest BCUT2D eigenvalue weighted by Crippen LogP contribution is -2.18. The summed E-state index contributed by atoms with van der Waals surface area (Å²) in [7, 11) is 0. The van der Waals surface area contributed by atoms with E-state index in [1.807, 2.05) is 0 Å². The number of nitrogens with zero attached hydrogens (tertiary/aromatic N) is 3. The standard InChI is InChI=1S/C4H5BrN4O/c5-4-7-2-9(8-4)1-3(6)10/h2H,1H2,(H2,6,10). The van der Waals surface area contributed by atoms with Gasteiger partial charge in [-0.15, -0.1) is 5.10 Å². The Balaban J connectivity index is 2.67. The Morgan fingerprint density at radius 2 is 2.60 bits per heavy atom. The molecule has 1 heterocycles. The van der Waals surface area contributed by atoms with Crippen LogP contribution in [0, 0.1) is 0 Å². The van der Waals surface area contributed by atoms with E-state index in [1.54, 1.807) is 0 Å². The molecule has 6 heteroatoms. The lowest BCUT2D eigenvalue weighted by molar-refractivity contribution is -0.118. The van der Waals surface area contributed by atoms with E-state index < -0.39 is 5.91 Å². The van der Waals surface area contributed by atoms with Gasteiger partial charge in [-0.3, -0.25) is 4.79 Å². The number of carbonyl (C=O) groups excluding carboxylic acids is 1. The van der Waals surface area contributed by atoms with Crippen molar-refractivity contribution in [1.29, 1.82) is 0 Å². The molecule has 54 valence electrons. The van der Waals surface area contributed by atoms with Gasteiger partial charge in [0.05, 0.1) is 0 Å². The van der Waals surface area contributed by atoms with Gasteiger partial charge in [0.2, 0.25) is 10.6 Å². The molecule has 0 unspecified atom stereocenters. The summed E-state index contributed by atoms with van der Waals surface area (Å²) >= 11 is 3.03. The summed E-state index contributed by atoms with van der Waals surface area (Å²) in [6, 6.07) is 0. The van der Waals surface area contributed by atoms with Gasteiger partial charge in [-0.2, -0.15) is 0 Å². The average molecular weight is 205 g/mol. The fourth-order valence-electron chi connectivity index (χ4n) is 0.508. The minimum atomic E-state index is -0.433. The van der Waals surface area contributed by atoms with Crippen molar-refractivity contribution < 1.29 is 4.79 Å². The molecular formula is C4H5BrN4O.